The molecule has 4 nitrogen and oxygen atoms in total. The first kappa shape index (κ1) is 19.3. The van der Waals surface area contributed by atoms with Crippen LogP contribution >= 0.6 is 23.1 Å². The van der Waals surface area contributed by atoms with Gasteiger partial charge in [0.15, 0.2) is 0 Å². The zero-order valence-corrected chi connectivity index (χ0v) is 16.3. The van der Waals surface area contributed by atoms with Crippen LogP contribution in [0.3, 0.4) is 0 Å². The molecule has 2 amide bonds. The Balaban J connectivity index is 1.98. The van der Waals surface area contributed by atoms with Crippen LogP contribution in [0.4, 0.5) is 0 Å². The fourth-order valence-corrected chi connectivity index (χ4v) is 5.11. The summed E-state index contributed by atoms with van der Waals surface area (Å²) in [5, 5.41) is 5.06. The van der Waals surface area contributed by atoms with Crippen LogP contribution in [0.2, 0.25) is 0 Å². The molecule has 134 valence electrons. The van der Waals surface area contributed by atoms with Crippen molar-refractivity contribution in [1.29, 1.82) is 0 Å². The minimum atomic E-state index is -0.340. The Bertz CT molecular complexity index is 519. The number of carbonyl (C=O) groups excluding carboxylic acids is 2. The maximum atomic E-state index is 12.9. The predicted molar refractivity (Wildman–Crippen MR) is 103 cm³/mol. The van der Waals surface area contributed by atoms with Crippen molar-refractivity contribution in [3.8, 4) is 0 Å². The fourth-order valence-electron chi connectivity index (χ4n) is 2.92. The third kappa shape index (κ3) is 4.99. The number of carbonyl (C=O) groups is 2. The minimum absolute atomic E-state index is 0.000386. The summed E-state index contributed by atoms with van der Waals surface area (Å²) in [5.41, 5.74) is 0. The van der Waals surface area contributed by atoms with Gasteiger partial charge in [0.05, 0.1) is 10.3 Å². The van der Waals surface area contributed by atoms with Crippen LogP contribution in [-0.4, -0.2) is 40.4 Å². The first-order valence-corrected chi connectivity index (χ1v) is 10.9. The predicted octanol–water partition coefficient (Wildman–Crippen LogP) is 4.13. The number of hydrogen-bond donors (Lipinski definition) is 1. The van der Waals surface area contributed by atoms with E-state index >= 15 is 0 Å². The molecule has 0 saturated carbocycles. The lowest BCUT2D eigenvalue weighted by Gasteiger charge is -2.28. The van der Waals surface area contributed by atoms with E-state index in [1.54, 1.807) is 11.8 Å². The first-order valence-electron chi connectivity index (χ1n) is 8.94. The van der Waals surface area contributed by atoms with Gasteiger partial charge in [-0.25, -0.2) is 0 Å². The Hall–Kier alpha value is -1.01. The van der Waals surface area contributed by atoms with Crippen molar-refractivity contribution in [1.82, 2.24) is 10.2 Å². The van der Waals surface area contributed by atoms with Gasteiger partial charge in [-0.1, -0.05) is 45.6 Å². The molecule has 2 atom stereocenters. The molecule has 2 rings (SSSR count). The van der Waals surface area contributed by atoms with E-state index in [-0.39, 0.29) is 23.2 Å². The second-order valence-electron chi connectivity index (χ2n) is 6.13. The van der Waals surface area contributed by atoms with Crippen LogP contribution in [0, 0.1) is 0 Å². The summed E-state index contributed by atoms with van der Waals surface area (Å²) in [6.45, 7) is 5.01. The SMILES string of the molecule is CCCCCCNC(=O)C1CSC(CCC)N1C(=O)c1cccs1. The third-order valence-corrected chi connectivity index (χ3v) is 6.44. The van der Waals surface area contributed by atoms with Gasteiger partial charge in [0.25, 0.3) is 5.91 Å². The number of unbranched alkanes of at least 4 members (excludes halogenated alkanes) is 3. The molecule has 1 N–H and O–H groups in total. The Morgan fingerprint density at radius 1 is 1.25 bits per heavy atom. The maximum absolute atomic E-state index is 12.9. The molecule has 0 aliphatic carbocycles. The largest absolute Gasteiger partial charge is 0.354 e. The van der Waals surface area contributed by atoms with E-state index in [1.807, 2.05) is 22.4 Å². The van der Waals surface area contributed by atoms with Gasteiger partial charge in [0, 0.05) is 12.3 Å². The van der Waals surface area contributed by atoms with Crippen molar-refractivity contribution in [3.05, 3.63) is 22.4 Å². The summed E-state index contributed by atoms with van der Waals surface area (Å²) in [7, 11) is 0. The third-order valence-electron chi connectivity index (χ3n) is 4.23. The first-order chi connectivity index (χ1) is 11.7. The average molecular weight is 369 g/mol. The highest BCUT2D eigenvalue weighted by molar-refractivity contribution is 8.00. The molecule has 1 aliphatic rings. The molecule has 1 aromatic heterocycles. The lowest BCUT2D eigenvalue weighted by molar-refractivity contribution is -0.124. The van der Waals surface area contributed by atoms with E-state index in [0.717, 1.165) is 30.6 Å². The minimum Gasteiger partial charge on any atom is -0.354 e. The zero-order chi connectivity index (χ0) is 17.4. The van der Waals surface area contributed by atoms with E-state index in [9.17, 15) is 9.59 Å². The molecule has 0 bridgehead atoms. The second kappa shape index (κ2) is 10.1. The number of amides is 2. The molecule has 0 aromatic carbocycles. The second-order valence-corrected chi connectivity index (χ2v) is 8.29. The smallest absolute Gasteiger partial charge is 0.265 e. The molecule has 1 fully saturated rings. The summed E-state index contributed by atoms with van der Waals surface area (Å²) in [6, 6.07) is 3.39. The quantitative estimate of drug-likeness (QED) is 0.667. The van der Waals surface area contributed by atoms with Gasteiger partial charge in [0.1, 0.15) is 6.04 Å². The van der Waals surface area contributed by atoms with Gasteiger partial charge in [-0.2, -0.15) is 0 Å². The summed E-state index contributed by atoms with van der Waals surface area (Å²) in [5.74, 6) is 0.699. The normalized spacial score (nSPS) is 20.3. The fraction of sp³-hybridized carbons (Fsp3) is 0.667. The van der Waals surface area contributed by atoms with E-state index in [2.05, 4.69) is 19.2 Å². The number of hydrogen-bond acceptors (Lipinski definition) is 4. The van der Waals surface area contributed by atoms with E-state index in [4.69, 9.17) is 0 Å². The molecule has 0 spiro atoms. The molecule has 1 aliphatic heterocycles. The standard InChI is InChI=1S/C18H28N2O2S2/c1-3-5-6-7-11-19-17(21)14-13-24-16(9-4-2)20(14)18(22)15-10-8-12-23-15/h8,10,12,14,16H,3-7,9,11,13H2,1-2H3,(H,19,21). The topological polar surface area (TPSA) is 49.4 Å². The summed E-state index contributed by atoms with van der Waals surface area (Å²) in [6.07, 6.45) is 6.49. The molecule has 6 heteroatoms. The number of nitrogens with zero attached hydrogens (tertiary/aromatic N) is 1. The number of thiophene rings is 1. The highest BCUT2D eigenvalue weighted by Crippen LogP contribution is 2.34. The summed E-state index contributed by atoms with van der Waals surface area (Å²) >= 11 is 3.18. The van der Waals surface area contributed by atoms with Crippen molar-refractivity contribution in [2.45, 2.75) is 63.8 Å². The van der Waals surface area contributed by atoms with Crippen LogP contribution in [0.25, 0.3) is 0 Å². The molecule has 1 aromatic rings. The van der Waals surface area contributed by atoms with Gasteiger partial charge in [0.2, 0.25) is 5.91 Å². The highest BCUT2D eigenvalue weighted by atomic mass is 32.2. The van der Waals surface area contributed by atoms with Gasteiger partial charge in [-0.3, -0.25) is 9.59 Å². The molecule has 24 heavy (non-hydrogen) atoms. The van der Waals surface area contributed by atoms with Crippen LogP contribution in [0.1, 0.15) is 62.0 Å². The van der Waals surface area contributed by atoms with Crippen molar-refractivity contribution in [2.24, 2.45) is 0 Å². The van der Waals surface area contributed by atoms with Gasteiger partial charge >= 0.3 is 0 Å². The van der Waals surface area contributed by atoms with Crippen LogP contribution < -0.4 is 5.32 Å². The Morgan fingerprint density at radius 3 is 2.75 bits per heavy atom. The lowest BCUT2D eigenvalue weighted by Crippen LogP contribution is -2.49. The lowest BCUT2D eigenvalue weighted by atomic mass is 10.2. The molecule has 2 unspecified atom stereocenters. The van der Waals surface area contributed by atoms with Crippen molar-refractivity contribution >= 4 is 34.9 Å². The van der Waals surface area contributed by atoms with E-state index in [1.165, 1.54) is 24.2 Å². The van der Waals surface area contributed by atoms with Crippen molar-refractivity contribution in [3.63, 3.8) is 0 Å². The molecule has 0 radical (unpaired) electrons. The van der Waals surface area contributed by atoms with E-state index < -0.39 is 0 Å². The van der Waals surface area contributed by atoms with Gasteiger partial charge in [-0.15, -0.1) is 23.1 Å². The Labute approximate surface area is 153 Å². The van der Waals surface area contributed by atoms with Crippen molar-refractivity contribution < 1.29 is 9.59 Å². The van der Waals surface area contributed by atoms with Gasteiger partial charge in [-0.05, 0) is 24.3 Å². The van der Waals surface area contributed by atoms with Crippen LogP contribution in [-0.2, 0) is 4.79 Å². The number of rotatable bonds is 9. The molecule has 1 saturated heterocycles. The maximum Gasteiger partial charge on any atom is 0.265 e. The number of nitrogens with one attached hydrogen (secondary N) is 1. The molecular formula is C18H28N2O2S2. The Kier molecular flexibility index (Phi) is 8.12. The number of thioether (sulfide) groups is 1. The zero-order valence-electron chi connectivity index (χ0n) is 14.6. The van der Waals surface area contributed by atoms with Crippen LogP contribution in [0.15, 0.2) is 17.5 Å². The monoisotopic (exact) mass is 368 g/mol. The Morgan fingerprint density at radius 2 is 2.08 bits per heavy atom. The molecular weight excluding hydrogens is 340 g/mol. The van der Waals surface area contributed by atoms with E-state index in [0.29, 0.717) is 12.3 Å². The molecule has 2 heterocycles. The average Bonchev–Trinajstić information content (AvgIpc) is 3.24. The van der Waals surface area contributed by atoms with Crippen LogP contribution in [0.5, 0.6) is 0 Å². The summed E-state index contributed by atoms with van der Waals surface area (Å²) < 4.78 is 0. The summed E-state index contributed by atoms with van der Waals surface area (Å²) in [4.78, 5) is 28.0. The highest BCUT2D eigenvalue weighted by Gasteiger charge is 2.41. The van der Waals surface area contributed by atoms with Crippen molar-refractivity contribution in [2.75, 3.05) is 12.3 Å². The van der Waals surface area contributed by atoms with Gasteiger partial charge < -0.3 is 10.2 Å².